The van der Waals surface area contributed by atoms with Gasteiger partial charge in [-0.05, 0) is 61.9 Å². The van der Waals surface area contributed by atoms with Gasteiger partial charge >= 0.3 is 0 Å². The molecule has 1 atom stereocenters. The van der Waals surface area contributed by atoms with Crippen molar-refractivity contribution >= 4 is 38.6 Å². The molecule has 0 N–H and O–H groups in total. The Kier molecular flexibility index (Phi) is 5.83. The quantitative estimate of drug-likeness (QED) is 0.334. The van der Waals surface area contributed by atoms with Gasteiger partial charge in [0.2, 0.25) is 5.76 Å². The average Bonchev–Trinajstić information content (AvgIpc) is 3.14. The Morgan fingerprint density at radius 1 is 1.00 bits per heavy atom. The van der Waals surface area contributed by atoms with E-state index in [1.54, 1.807) is 48.7 Å². The summed E-state index contributed by atoms with van der Waals surface area (Å²) in [6.45, 7) is 4.70. The Bertz CT molecular complexity index is 1450. The van der Waals surface area contributed by atoms with E-state index in [-0.39, 0.29) is 16.8 Å². The Balaban J connectivity index is 1.78. The molecule has 0 bridgehead atoms. The van der Waals surface area contributed by atoms with E-state index >= 15 is 0 Å². The number of aromatic nitrogens is 1. The topological polar surface area (TPSA) is 81.9 Å². The second kappa shape index (κ2) is 8.95. The normalized spacial score (nSPS) is 15.0. The van der Waals surface area contributed by atoms with E-state index in [1.807, 2.05) is 26.0 Å². The minimum atomic E-state index is -0.744. The summed E-state index contributed by atoms with van der Waals surface area (Å²) in [6.07, 6.45) is 1.61. The molecule has 3 heterocycles. The SMILES string of the molecule is CCOc1ccc(C2c3c(oc4ccc(Br)cc4c3=O)C(=O)N2c2ccccn2)cc1OCC. The number of rotatable bonds is 6. The Labute approximate surface area is 204 Å². The summed E-state index contributed by atoms with van der Waals surface area (Å²) in [7, 11) is 0. The van der Waals surface area contributed by atoms with E-state index in [4.69, 9.17) is 13.9 Å². The lowest BCUT2D eigenvalue weighted by Gasteiger charge is -2.25. The molecule has 0 fully saturated rings. The largest absolute Gasteiger partial charge is 0.490 e. The van der Waals surface area contributed by atoms with Gasteiger partial charge in [-0.25, -0.2) is 4.98 Å². The molecule has 2 aromatic carbocycles. The summed E-state index contributed by atoms with van der Waals surface area (Å²) in [5.74, 6) is 1.14. The predicted molar refractivity (Wildman–Crippen MR) is 132 cm³/mol. The van der Waals surface area contributed by atoms with Crippen molar-refractivity contribution < 1.29 is 18.7 Å². The van der Waals surface area contributed by atoms with Crippen LogP contribution in [0.15, 0.2) is 74.5 Å². The monoisotopic (exact) mass is 520 g/mol. The highest BCUT2D eigenvalue weighted by molar-refractivity contribution is 9.10. The van der Waals surface area contributed by atoms with Crippen molar-refractivity contribution in [1.82, 2.24) is 4.98 Å². The summed E-state index contributed by atoms with van der Waals surface area (Å²) in [5, 5.41) is 0.393. The van der Waals surface area contributed by atoms with Gasteiger partial charge in [-0.1, -0.05) is 28.1 Å². The van der Waals surface area contributed by atoms with Crippen molar-refractivity contribution in [3.8, 4) is 11.5 Å². The maximum atomic E-state index is 13.7. The first-order valence-electron chi connectivity index (χ1n) is 10.9. The van der Waals surface area contributed by atoms with Crippen molar-refractivity contribution in [3.05, 3.63) is 92.4 Å². The van der Waals surface area contributed by atoms with Crippen LogP contribution in [0.25, 0.3) is 11.0 Å². The number of ether oxygens (including phenoxy) is 2. The highest BCUT2D eigenvalue weighted by atomic mass is 79.9. The summed E-state index contributed by atoms with van der Waals surface area (Å²) in [4.78, 5) is 33.2. The fourth-order valence-corrected chi connectivity index (χ4v) is 4.59. The highest BCUT2D eigenvalue weighted by Crippen LogP contribution is 2.42. The van der Waals surface area contributed by atoms with Gasteiger partial charge in [0, 0.05) is 10.7 Å². The second-order valence-electron chi connectivity index (χ2n) is 7.65. The smallest absolute Gasteiger partial charge is 0.296 e. The van der Waals surface area contributed by atoms with Gasteiger partial charge in [-0.3, -0.25) is 14.5 Å². The van der Waals surface area contributed by atoms with Gasteiger partial charge in [0.25, 0.3) is 5.91 Å². The van der Waals surface area contributed by atoms with Gasteiger partial charge in [0.1, 0.15) is 11.4 Å². The fourth-order valence-electron chi connectivity index (χ4n) is 4.23. The predicted octanol–water partition coefficient (Wildman–Crippen LogP) is 5.50. The molecule has 0 saturated carbocycles. The third-order valence-electron chi connectivity index (χ3n) is 5.61. The molecular weight excluding hydrogens is 500 g/mol. The van der Waals surface area contributed by atoms with E-state index in [9.17, 15) is 9.59 Å². The van der Waals surface area contributed by atoms with E-state index in [2.05, 4.69) is 20.9 Å². The lowest BCUT2D eigenvalue weighted by atomic mass is 9.98. The summed E-state index contributed by atoms with van der Waals surface area (Å²) < 4.78 is 18.3. The zero-order valence-electron chi connectivity index (χ0n) is 18.6. The number of hydrogen-bond acceptors (Lipinski definition) is 6. The lowest BCUT2D eigenvalue weighted by Crippen LogP contribution is -2.30. The molecular formula is C26H21BrN2O5. The second-order valence-corrected chi connectivity index (χ2v) is 8.57. The van der Waals surface area contributed by atoms with Crippen molar-refractivity contribution in [2.75, 3.05) is 18.1 Å². The van der Waals surface area contributed by atoms with Crippen LogP contribution in [0.4, 0.5) is 5.82 Å². The minimum absolute atomic E-state index is 0.0160. The lowest BCUT2D eigenvalue weighted by molar-refractivity contribution is 0.0970. The van der Waals surface area contributed by atoms with Gasteiger partial charge in [-0.15, -0.1) is 0 Å². The summed E-state index contributed by atoms with van der Waals surface area (Å²) in [6, 6.07) is 15.1. The van der Waals surface area contributed by atoms with Gasteiger partial charge in [0.15, 0.2) is 16.9 Å². The first kappa shape index (κ1) is 22.2. The summed E-state index contributed by atoms with van der Waals surface area (Å²) in [5.41, 5.74) is 1.05. The number of anilines is 1. The maximum Gasteiger partial charge on any atom is 0.296 e. The molecule has 4 aromatic rings. The van der Waals surface area contributed by atoms with E-state index in [0.717, 1.165) is 4.47 Å². The first-order valence-corrected chi connectivity index (χ1v) is 11.7. The van der Waals surface area contributed by atoms with E-state index in [1.165, 1.54) is 4.90 Å². The standard InChI is InChI=1S/C26H21BrN2O5/c1-3-32-19-10-8-15(13-20(19)33-4-2)23-22-24(30)17-14-16(27)9-11-18(17)34-25(22)26(31)29(23)21-7-5-6-12-28-21/h5-14,23H,3-4H2,1-2H3. The number of amides is 1. The molecule has 0 radical (unpaired) electrons. The molecule has 172 valence electrons. The molecule has 5 rings (SSSR count). The zero-order chi connectivity index (χ0) is 23.8. The molecule has 1 amide bonds. The first-order chi connectivity index (χ1) is 16.5. The zero-order valence-corrected chi connectivity index (χ0v) is 20.2. The van der Waals surface area contributed by atoms with Crippen LogP contribution in [0.3, 0.4) is 0 Å². The Morgan fingerprint density at radius 3 is 2.53 bits per heavy atom. The third-order valence-corrected chi connectivity index (χ3v) is 6.10. The van der Waals surface area contributed by atoms with Crippen LogP contribution >= 0.6 is 15.9 Å². The molecule has 1 aliphatic rings. The molecule has 0 aliphatic carbocycles. The van der Waals surface area contributed by atoms with Crippen LogP contribution in [0.2, 0.25) is 0 Å². The minimum Gasteiger partial charge on any atom is -0.490 e. The number of pyridine rings is 1. The maximum absolute atomic E-state index is 13.7. The van der Waals surface area contributed by atoms with Crippen molar-refractivity contribution in [1.29, 1.82) is 0 Å². The molecule has 7 nitrogen and oxygen atoms in total. The number of benzene rings is 2. The van der Waals surface area contributed by atoms with Crippen molar-refractivity contribution in [3.63, 3.8) is 0 Å². The highest BCUT2D eigenvalue weighted by Gasteiger charge is 2.44. The van der Waals surface area contributed by atoms with Crippen LogP contribution < -0.4 is 19.8 Å². The van der Waals surface area contributed by atoms with Crippen LogP contribution in [0, 0.1) is 0 Å². The van der Waals surface area contributed by atoms with Crippen LogP contribution in [0.1, 0.15) is 41.6 Å². The van der Waals surface area contributed by atoms with E-state index < -0.39 is 11.9 Å². The molecule has 1 aliphatic heterocycles. The molecule has 0 saturated heterocycles. The number of hydrogen-bond donors (Lipinski definition) is 0. The third kappa shape index (κ3) is 3.64. The number of carbonyl (C=O) groups is 1. The van der Waals surface area contributed by atoms with Gasteiger partial charge in [-0.2, -0.15) is 0 Å². The Hall–Kier alpha value is -3.65. The van der Waals surface area contributed by atoms with E-state index in [0.29, 0.717) is 47.1 Å². The number of carbonyl (C=O) groups excluding carboxylic acids is 1. The van der Waals surface area contributed by atoms with Gasteiger partial charge < -0.3 is 13.9 Å². The summed E-state index contributed by atoms with van der Waals surface area (Å²) >= 11 is 3.42. The number of fused-ring (bicyclic) bond motifs is 2. The number of nitrogens with zero attached hydrogens (tertiary/aromatic N) is 2. The molecule has 0 spiro atoms. The Morgan fingerprint density at radius 2 is 1.79 bits per heavy atom. The van der Waals surface area contributed by atoms with Crippen LogP contribution in [-0.4, -0.2) is 24.1 Å². The molecule has 34 heavy (non-hydrogen) atoms. The average molecular weight is 521 g/mol. The molecule has 1 unspecified atom stereocenters. The van der Waals surface area contributed by atoms with Crippen LogP contribution in [-0.2, 0) is 0 Å². The molecule has 8 heteroatoms. The molecule has 2 aromatic heterocycles. The fraction of sp³-hybridized carbons (Fsp3) is 0.192. The van der Waals surface area contributed by atoms with Crippen molar-refractivity contribution in [2.24, 2.45) is 0 Å². The number of halogens is 1. The van der Waals surface area contributed by atoms with Crippen molar-refractivity contribution in [2.45, 2.75) is 19.9 Å². The van der Waals surface area contributed by atoms with Gasteiger partial charge in [0.05, 0.1) is 30.2 Å². The van der Waals surface area contributed by atoms with Crippen LogP contribution in [0.5, 0.6) is 11.5 Å².